The van der Waals surface area contributed by atoms with Crippen LogP contribution in [0.4, 0.5) is 13.2 Å². The number of alkyl halides is 6. The molecule has 0 aliphatic heterocycles. The van der Waals surface area contributed by atoms with Crippen LogP contribution in [0.3, 0.4) is 0 Å². The van der Waals surface area contributed by atoms with Gasteiger partial charge in [-0.15, -0.1) is 0 Å². The smallest absolute Gasteiger partial charge is 0.369 e. The number of hydrogen-bond acceptors (Lipinski definition) is 2. The summed E-state index contributed by atoms with van der Waals surface area (Å²) in [6, 6.07) is 0. The van der Waals surface area contributed by atoms with Gasteiger partial charge in [0.2, 0.25) is 0 Å². The van der Waals surface area contributed by atoms with Crippen LogP contribution in [-0.4, -0.2) is 20.6 Å². The molecule has 0 rings (SSSR count). The van der Waals surface area contributed by atoms with Crippen LogP contribution in [0.5, 0.6) is 0 Å². The van der Waals surface area contributed by atoms with Gasteiger partial charge in [0.25, 0.3) is 5.13 Å². The molecule has 84 valence electrons. The van der Waals surface area contributed by atoms with Crippen LogP contribution in [0.15, 0.2) is 0 Å². The monoisotopic (exact) mass is 364 g/mol. The van der Waals surface area contributed by atoms with E-state index in [0.29, 0.717) is 0 Å². The van der Waals surface area contributed by atoms with E-state index in [1.165, 1.54) is 22.6 Å². The molecule has 0 aromatic rings. The number of esters is 1. The zero-order valence-electron chi connectivity index (χ0n) is 6.87. The van der Waals surface area contributed by atoms with E-state index in [1.807, 2.05) is 0 Å². The summed E-state index contributed by atoms with van der Waals surface area (Å²) in [5, 5.41) is -7.64. The Hall–Kier alpha value is 0.570. The second-order valence-corrected chi connectivity index (χ2v) is 4.89. The van der Waals surface area contributed by atoms with Crippen LogP contribution in [0.25, 0.3) is 0 Å². The summed E-state index contributed by atoms with van der Waals surface area (Å²) < 4.78 is 40.9. The topological polar surface area (TPSA) is 26.3 Å². The lowest BCUT2D eigenvalue weighted by molar-refractivity contribution is -0.143. The normalized spacial score (nSPS) is 18.5. The Morgan fingerprint density at radius 1 is 1.50 bits per heavy atom. The van der Waals surface area contributed by atoms with Gasteiger partial charge < -0.3 is 4.74 Å². The van der Waals surface area contributed by atoms with Gasteiger partial charge in [0.1, 0.15) is 0 Å². The standard InChI is InChI=1S/C6H6Cl2F3IO2/c1-3(13)14-4(12)2-5(7,9)6(8,10)11/h4H,2H2,1H3. The molecule has 0 heterocycles. The summed E-state index contributed by atoms with van der Waals surface area (Å²) >= 11 is 10.7. The highest BCUT2D eigenvalue weighted by Gasteiger charge is 2.53. The molecule has 2 nitrogen and oxygen atoms in total. The molecule has 0 bridgehead atoms. The largest absolute Gasteiger partial charge is 0.452 e. The van der Waals surface area contributed by atoms with Crippen molar-refractivity contribution in [1.29, 1.82) is 0 Å². The van der Waals surface area contributed by atoms with Gasteiger partial charge in [-0.05, 0) is 34.2 Å². The summed E-state index contributed by atoms with van der Waals surface area (Å²) in [6.45, 7) is 1.07. The van der Waals surface area contributed by atoms with Gasteiger partial charge in [-0.1, -0.05) is 11.6 Å². The highest BCUT2D eigenvalue weighted by atomic mass is 127. The van der Waals surface area contributed by atoms with Crippen LogP contribution in [-0.2, 0) is 9.53 Å². The van der Waals surface area contributed by atoms with Crippen molar-refractivity contribution >= 4 is 51.8 Å². The van der Waals surface area contributed by atoms with Gasteiger partial charge in [0, 0.05) is 13.3 Å². The summed E-state index contributed by atoms with van der Waals surface area (Å²) in [4.78, 5) is 10.4. The summed E-state index contributed by atoms with van der Waals surface area (Å²) in [7, 11) is 0. The zero-order chi connectivity index (χ0) is 11.6. The molecule has 0 saturated carbocycles. The highest BCUT2D eigenvalue weighted by Crippen LogP contribution is 2.44. The molecular formula is C6H6Cl2F3IO2. The van der Waals surface area contributed by atoms with E-state index in [2.05, 4.69) is 16.3 Å². The second kappa shape index (κ2) is 5.07. The fourth-order valence-electron chi connectivity index (χ4n) is 0.539. The lowest BCUT2D eigenvalue weighted by atomic mass is 10.3. The molecule has 0 aliphatic rings. The average Bonchev–Trinajstić information content (AvgIpc) is 1.79. The third-order valence-corrected chi connectivity index (χ3v) is 2.61. The van der Waals surface area contributed by atoms with Crippen LogP contribution >= 0.6 is 45.8 Å². The van der Waals surface area contributed by atoms with E-state index in [9.17, 15) is 18.0 Å². The quantitative estimate of drug-likeness (QED) is 0.434. The summed E-state index contributed by atoms with van der Waals surface area (Å²) in [6.07, 6.45) is -0.898. The van der Waals surface area contributed by atoms with Gasteiger partial charge in [-0.2, -0.15) is 8.78 Å². The predicted molar refractivity (Wildman–Crippen MR) is 54.7 cm³/mol. The predicted octanol–water partition coefficient (Wildman–Crippen LogP) is 3.44. The molecule has 8 heteroatoms. The Balaban J connectivity index is 4.29. The molecule has 14 heavy (non-hydrogen) atoms. The maximum atomic E-state index is 13.0. The average molecular weight is 365 g/mol. The van der Waals surface area contributed by atoms with Crippen LogP contribution in [0, 0.1) is 0 Å². The number of carbonyl (C=O) groups is 1. The zero-order valence-corrected chi connectivity index (χ0v) is 10.5. The molecule has 0 radical (unpaired) electrons. The number of halogens is 6. The minimum atomic E-state index is -4.21. The first-order valence-electron chi connectivity index (χ1n) is 3.32. The van der Waals surface area contributed by atoms with Gasteiger partial charge in [0.15, 0.2) is 4.11 Å². The van der Waals surface area contributed by atoms with E-state index >= 15 is 0 Å². The van der Waals surface area contributed by atoms with Crippen LogP contribution in [0.1, 0.15) is 13.3 Å². The molecule has 0 aliphatic carbocycles. The van der Waals surface area contributed by atoms with E-state index in [0.717, 1.165) is 6.92 Å². The molecule has 2 unspecified atom stereocenters. The Morgan fingerprint density at radius 3 is 2.21 bits per heavy atom. The third kappa shape index (κ3) is 4.88. The molecule has 0 aromatic heterocycles. The Labute approximate surface area is 102 Å². The minimum Gasteiger partial charge on any atom is -0.452 e. The van der Waals surface area contributed by atoms with Crippen molar-refractivity contribution in [2.24, 2.45) is 0 Å². The number of hydrogen-bond donors (Lipinski definition) is 0. The first kappa shape index (κ1) is 14.6. The fraction of sp³-hybridized carbons (Fsp3) is 0.833. The van der Waals surface area contributed by atoms with E-state index < -0.39 is 27.0 Å². The van der Waals surface area contributed by atoms with Gasteiger partial charge in [-0.25, -0.2) is 4.39 Å². The Bertz CT molecular complexity index is 220. The van der Waals surface area contributed by atoms with Crippen molar-refractivity contribution in [3.05, 3.63) is 0 Å². The third-order valence-electron chi connectivity index (χ3n) is 1.13. The van der Waals surface area contributed by atoms with Crippen molar-refractivity contribution in [2.75, 3.05) is 0 Å². The Kier molecular flexibility index (Phi) is 5.27. The lowest BCUT2D eigenvalue weighted by Crippen LogP contribution is -2.37. The number of carbonyl (C=O) groups excluding carboxylic acids is 1. The van der Waals surface area contributed by atoms with Crippen LogP contribution < -0.4 is 0 Å². The molecule has 0 fully saturated rings. The molecule has 2 atom stereocenters. The first-order valence-corrected chi connectivity index (χ1v) is 5.32. The maximum Gasteiger partial charge on any atom is 0.369 e. The molecule has 0 aromatic carbocycles. The van der Waals surface area contributed by atoms with Crippen molar-refractivity contribution in [3.8, 4) is 0 Å². The number of rotatable bonds is 4. The molecule has 0 spiro atoms. The maximum absolute atomic E-state index is 13.0. The Morgan fingerprint density at radius 2 is 1.93 bits per heavy atom. The molecule has 0 amide bonds. The van der Waals surface area contributed by atoms with E-state index in [4.69, 9.17) is 11.6 Å². The lowest BCUT2D eigenvalue weighted by Gasteiger charge is -2.24. The van der Waals surface area contributed by atoms with Crippen LogP contribution in [0.2, 0.25) is 0 Å². The molecule has 0 N–H and O–H groups in total. The molecule has 0 saturated heterocycles. The van der Waals surface area contributed by atoms with Gasteiger partial charge in [0.05, 0.1) is 0 Å². The van der Waals surface area contributed by atoms with Crippen molar-refractivity contribution in [3.63, 3.8) is 0 Å². The van der Waals surface area contributed by atoms with Gasteiger partial charge >= 0.3 is 11.4 Å². The van der Waals surface area contributed by atoms with Crippen molar-refractivity contribution in [1.82, 2.24) is 0 Å². The van der Waals surface area contributed by atoms with Gasteiger partial charge in [-0.3, -0.25) is 4.79 Å². The fourth-order valence-corrected chi connectivity index (χ4v) is 1.98. The minimum absolute atomic E-state index is 0.713. The van der Waals surface area contributed by atoms with E-state index in [1.54, 1.807) is 0 Å². The summed E-state index contributed by atoms with van der Waals surface area (Å²) in [5.74, 6) is -0.713. The highest BCUT2D eigenvalue weighted by molar-refractivity contribution is 14.1. The molecular weight excluding hydrogens is 359 g/mol. The SMILES string of the molecule is CC(=O)OC(I)CC(F)(Cl)C(F)(F)Cl. The second-order valence-electron chi connectivity index (χ2n) is 2.43. The van der Waals surface area contributed by atoms with Crippen molar-refractivity contribution < 1.29 is 22.7 Å². The van der Waals surface area contributed by atoms with E-state index in [-0.39, 0.29) is 0 Å². The summed E-state index contributed by atoms with van der Waals surface area (Å²) in [5.41, 5.74) is 0. The first-order chi connectivity index (χ1) is 6.06. The number of ether oxygens (including phenoxy) is 1. The van der Waals surface area contributed by atoms with Crippen molar-refractivity contribution in [2.45, 2.75) is 28.0 Å².